The summed E-state index contributed by atoms with van der Waals surface area (Å²) in [6, 6.07) is 13.3. The molecule has 0 fully saturated rings. The van der Waals surface area contributed by atoms with Crippen molar-refractivity contribution in [2.75, 3.05) is 24.6 Å². The number of allylic oxidation sites excluding steroid dienone is 1. The molecule has 4 nitrogen and oxygen atoms in total. The highest BCUT2D eigenvalue weighted by Gasteiger charge is 2.22. The molecule has 0 aliphatic carbocycles. The van der Waals surface area contributed by atoms with Gasteiger partial charge in [0.15, 0.2) is 0 Å². The van der Waals surface area contributed by atoms with Crippen LogP contribution in [0.2, 0.25) is 0 Å². The molecule has 0 saturated carbocycles. The molecule has 0 bridgehead atoms. The van der Waals surface area contributed by atoms with Crippen LogP contribution in [0.25, 0.3) is 0 Å². The second-order valence-electron chi connectivity index (χ2n) is 6.74. The maximum atomic E-state index is 12.0. The van der Waals surface area contributed by atoms with E-state index >= 15 is 0 Å². The largest absolute Gasteiger partial charge is 0.462 e. The number of hydrogen-bond acceptors (Lipinski definition) is 4. The highest BCUT2D eigenvalue weighted by molar-refractivity contribution is 9.10. The summed E-state index contributed by atoms with van der Waals surface area (Å²) < 4.78 is 6.41. The van der Waals surface area contributed by atoms with Gasteiger partial charge in [-0.25, -0.2) is 9.59 Å². The van der Waals surface area contributed by atoms with Crippen molar-refractivity contribution in [2.24, 2.45) is 0 Å². The van der Waals surface area contributed by atoms with Gasteiger partial charge in [0.25, 0.3) is 0 Å². The van der Waals surface area contributed by atoms with Crippen LogP contribution in [0.5, 0.6) is 0 Å². The van der Waals surface area contributed by atoms with Gasteiger partial charge in [-0.15, -0.1) is 0 Å². The summed E-state index contributed by atoms with van der Waals surface area (Å²) in [5, 5.41) is 0. The number of rotatable bonds is 7. The molecule has 0 atom stereocenters. The van der Waals surface area contributed by atoms with Gasteiger partial charge in [-0.05, 0) is 65.0 Å². The van der Waals surface area contributed by atoms with E-state index < -0.39 is 0 Å². The zero-order valence-electron chi connectivity index (χ0n) is 15.3. The Morgan fingerprint density at radius 1 is 1.26 bits per heavy atom. The molecular weight excluding hydrogens is 406 g/mol. The zero-order valence-corrected chi connectivity index (χ0v) is 16.9. The summed E-state index contributed by atoms with van der Waals surface area (Å²) in [7, 11) is 0. The molecule has 2 aromatic rings. The third kappa shape index (κ3) is 4.88. The zero-order chi connectivity index (χ0) is 19.2. The molecule has 5 heteroatoms. The Labute approximate surface area is 168 Å². The Morgan fingerprint density at radius 3 is 2.78 bits per heavy atom. The van der Waals surface area contributed by atoms with E-state index in [1.54, 1.807) is 19.1 Å². The van der Waals surface area contributed by atoms with Crippen molar-refractivity contribution in [3.8, 4) is 0 Å². The summed E-state index contributed by atoms with van der Waals surface area (Å²) in [6.45, 7) is 3.99. The van der Waals surface area contributed by atoms with Gasteiger partial charge in [0.2, 0.25) is 0 Å². The van der Waals surface area contributed by atoms with Crippen molar-refractivity contribution in [1.29, 1.82) is 0 Å². The predicted octanol–water partition coefficient (Wildman–Crippen LogP) is 4.38. The lowest BCUT2D eigenvalue weighted by Gasteiger charge is -2.21. The molecule has 0 amide bonds. The second-order valence-corrected chi connectivity index (χ2v) is 7.59. The number of fused-ring (bicyclic) bond motifs is 1. The number of carbonyl (C=O) groups excluding carboxylic acids is 2. The Balaban J connectivity index is 1.55. The Bertz CT molecular complexity index is 873. The van der Waals surface area contributed by atoms with Crippen molar-refractivity contribution in [3.63, 3.8) is 0 Å². The third-order valence-electron chi connectivity index (χ3n) is 4.63. The normalized spacial score (nSPS) is 12.4. The average molecular weight is 428 g/mol. The highest BCUT2D eigenvalue weighted by Crippen LogP contribution is 2.37. The lowest BCUT2D eigenvalue weighted by molar-refractivity contribution is 0.0502. The molecule has 1 aliphatic heterocycles. The van der Waals surface area contributed by atoms with Crippen LogP contribution >= 0.6 is 15.9 Å². The minimum atomic E-state index is -0.276. The Kier molecular flexibility index (Phi) is 6.49. The van der Waals surface area contributed by atoms with Crippen LogP contribution in [0.4, 0.5) is 5.69 Å². The fourth-order valence-electron chi connectivity index (χ4n) is 3.38. The van der Waals surface area contributed by atoms with Gasteiger partial charge >= 0.3 is 5.97 Å². The van der Waals surface area contributed by atoms with Gasteiger partial charge in [-0.2, -0.15) is 0 Å². The van der Waals surface area contributed by atoms with Crippen molar-refractivity contribution in [3.05, 3.63) is 69.2 Å². The molecule has 140 valence electrons. The summed E-state index contributed by atoms with van der Waals surface area (Å²) in [5.74, 6) is 1.69. The van der Waals surface area contributed by atoms with Crippen LogP contribution in [0.15, 0.2) is 52.5 Å². The van der Waals surface area contributed by atoms with E-state index in [4.69, 9.17) is 4.74 Å². The standard InChI is InChI=1S/C22H22BrNO3/c1-16(15-25)12-17-13-19-8-10-24(21(19)20(23)14-17)9-5-11-27-22(26)18-6-3-2-4-7-18/h2-4,6-7,13-14H,5,8-12H2,1H3. The molecule has 0 aromatic heterocycles. The van der Waals surface area contributed by atoms with E-state index in [2.05, 4.69) is 33.0 Å². The lowest BCUT2D eigenvalue weighted by atomic mass is 10.0. The monoisotopic (exact) mass is 427 g/mol. The van der Waals surface area contributed by atoms with E-state index in [0.717, 1.165) is 36.0 Å². The highest BCUT2D eigenvalue weighted by atomic mass is 79.9. The van der Waals surface area contributed by atoms with Crippen LogP contribution in [-0.2, 0) is 22.4 Å². The summed E-state index contributed by atoms with van der Waals surface area (Å²) in [6.07, 6.45) is 2.39. The van der Waals surface area contributed by atoms with E-state index in [1.807, 2.05) is 24.1 Å². The predicted molar refractivity (Wildman–Crippen MR) is 110 cm³/mol. The fourth-order valence-corrected chi connectivity index (χ4v) is 4.18. The number of nitrogens with zero attached hydrogens (tertiary/aromatic N) is 1. The number of ether oxygens (including phenoxy) is 1. The average Bonchev–Trinajstić information content (AvgIpc) is 3.09. The van der Waals surface area contributed by atoms with Crippen molar-refractivity contribution in [1.82, 2.24) is 0 Å². The van der Waals surface area contributed by atoms with E-state index in [9.17, 15) is 9.59 Å². The topological polar surface area (TPSA) is 46.6 Å². The summed E-state index contributed by atoms with van der Waals surface area (Å²) >= 11 is 3.68. The number of esters is 1. The smallest absolute Gasteiger partial charge is 0.338 e. The molecule has 0 radical (unpaired) electrons. The number of benzene rings is 2. The molecule has 2 aromatic carbocycles. The second kappa shape index (κ2) is 9.03. The number of anilines is 1. The first kappa shape index (κ1) is 19.4. The molecule has 0 unspecified atom stereocenters. The third-order valence-corrected chi connectivity index (χ3v) is 5.23. The van der Waals surface area contributed by atoms with Crippen LogP contribution in [0.3, 0.4) is 0 Å². The van der Waals surface area contributed by atoms with Crippen LogP contribution in [0, 0.1) is 0 Å². The van der Waals surface area contributed by atoms with Crippen molar-refractivity contribution >= 4 is 33.5 Å². The van der Waals surface area contributed by atoms with Gasteiger partial charge < -0.3 is 9.64 Å². The molecular formula is C22H22BrNO3. The SMILES string of the molecule is CC(=C=O)Cc1cc(Br)c2c(c1)CCN2CCCOC(=O)c1ccccc1. The minimum absolute atomic E-state index is 0.276. The van der Waals surface area contributed by atoms with Crippen LogP contribution in [-0.4, -0.2) is 31.6 Å². The molecule has 3 rings (SSSR count). The number of hydrogen-bond donors (Lipinski definition) is 0. The molecule has 0 N–H and O–H groups in total. The van der Waals surface area contributed by atoms with E-state index in [1.165, 1.54) is 11.3 Å². The first-order chi connectivity index (χ1) is 13.1. The Morgan fingerprint density at radius 2 is 2.04 bits per heavy atom. The van der Waals surface area contributed by atoms with Gasteiger partial charge in [0, 0.05) is 29.6 Å². The van der Waals surface area contributed by atoms with Crippen molar-refractivity contribution < 1.29 is 14.3 Å². The Hall–Kier alpha value is -2.36. The molecule has 1 heterocycles. The first-order valence-corrected chi connectivity index (χ1v) is 9.87. The minimum Gasteiger partial charge on any atom is -0.462 e. The summed E-state index contributed by atoms with van der Waals surface area (Å²) in [5.41, 5.74) is 4.91. The lowest BCUT2D eigenvalue weighted by Crippen LogP contribution is -2.23. The first-order valence-electron chi connectivity index (χ1n) is 9.07. The quantitative estimate of drug-likeness (QED) is 0.373. The molecule has 0 saturated heterocycles. The van der Waals surface area contributed by atoms with Gasteiger partial charge in [-0.3, -0.25) is 0 Å². The molecule has 0 spiro atoms. The molecule has 27 heavy (non-hydrogen) atoms. The van der Waals surface area contributed by atoms with E-state index in [-0.39, 0.29) is 5.97 Å². The maximum absolute atomic E-state index is 12.0. The van der Waals surface area contributed by atoms with Gasteiger partial charge in [0.1, 0.15) is 5.94 Å². The fraction of sp³-hybridized carbons (Fsp3) is 0.318. The summed E-state index contributed by atoms with van der Waals surface area (Å²) in [4.78, 5) is 25.0. The van der Waals surface area contributed by atoms with Crippen LogP contribution < -0.4 is 4.90 Å². The van der Waals surface area contributed by atoms with E-state index in [0.29, 0.717) is 24.2 Å². The molecule has 1 aliphatic rings. The van der Waals surface area contributed by atoms with Crippen LogP contribution in [0.1, 0.15) is 34.8 Å². The van der Waals surface area contributed by atoms with Gasteiger partial charge in [-0.1, -0.05) is 24.3 Å². The number of halogens is 1. The number of carbonyl (C=O) groups is 1. The van der Waals surface area contributed by atoms with Crippen molar-refractivity contribution in [2.45, 2.75) is 26.2 Å². The maximum Gasteiger partial charge on any atom is 0.338 e. The van der Waals surface area contributed by atoms with Gasteiger partial charge in [0.05, 0.1) is 17.9 Å².